The van der Waals surface area contributed by atoms with E-state index < -0.39 is 10.8 Å². The molecule has 0 aliphatic rings. The summed E-state index contributed by atoms with van der Waals surface area (Å²) in [6.07, 6.45) is 0.723. The van der Waals surface area contributed by atoms with Gasteiger partial charge in [0.2, 0.25) is 0 Å². The highest BCUT2D eigenvalue weighted by atomic mass is 32.2. The van der Waals surface area contributed by atoms with Crippen LogP contribution in [0.4, 0.5) is 0 Å². The highest BCUT2D eigenvalue weighted by molar-refractivity contribution is 7.85. The lowest BCUT2D eigenvalue weighted by atomic mass is 10.2. The van der Waals surface area contributed by atoms with Gasteiger partial charge in [-0.25, -0.2) is 0 Å². The summed E-state index contributed by atoms with van der Waals surface area (Å²) in [5.74, 6) is 1.31. The summed E-state index contributed by atoms with van der Waals surface area (Å²) in [6.45, 7) is 2.51. The van der Waals surface area contributed by atoms with Crippen molar-refractivity contribution in [3.63, 3.8) is 0 Å². The van der Waals surface area contributed by atoms with Gasteiger partial charge < -0.3 is 4.74 Å². The molecule has 3 nitrogen and oxygen atoms in total. The molecule has 0 aliphatic carbocycles. The number of rotatable bonds is 6. The van der Waals surface area contributed by atoms with Crippen LogP contribution in [-0.4, -0.2) is 16.6 Å². The third-order valence-corrected chi connectivity index (χ3v) is 4.42. The van der Waals surface area contributed by atoms with Crippen LogP contribution in [0.15, 0.2) is 53.4 Å². The number of benzene rings is 2. The van der Waals surface area contributed by atoms with Gasteiger partial charge in [0.05, 0.1) is 29.0 Å². The van der Waals surface area contributed by atoms with Crippen LogP contribution in [0.25, 0.3) is 0 Å². The maximum atomic E-state index is 12.1. The van der Waals surface area contributed by atoms with Crippen LogP contribution in [-0.2, 0) is 10.8 Å². The molecular formula is C17H17NO2S. The van der Waals surface area contributed by atoms with Gasteiger partial charge in [-0.05, 0) is 55.3 Å². The highest BCUT2D eigenvalue weighted by Gasteiger charge is 2.04. The minimum absolute atomic E-state index is 0.517. The molecule has 0 aromatic heterocycles. The molecule has 2 rings (SSSR count). The molecule has 0 amide bonds. The van der Waals surface area contributed by atoms with Gasteiger partial charge in [-0.2, -0.15) is 5.26 Å². The molecule has 21 heavy (non-hydrogen) atoms. The Morgan fingerprint density at radius 2 is 1.95 bits per heavy atom. The van der Waals surface area contributed by atoms with Gasteiger partial charge in [0, 0.05) is 10.6 Å². The Kier molecular flexibility index (Phi) is 5.53. The van der Waals surface area contributed by atoms with Crippen molar-refractivity contribution in [2.45, 2.75) is 18.2 Å². The zero-order valence-electron chi connectivity index (χ0n) is 11.9. The Balaban J connectivity index is 1.76. The summed E-state index contributed by atoms with van der Waals surface area (Å²) in [7, 11) is -0.980. The number of aryl methyl sites for hydroxylation is 1. The van der Waals surface area contributed by atoms with E-state index in [9.17, 15) is 4.21 Å². The molecule has 0 heterocycles. The maximum absolute atomic E-state index is 12.1. The minimum Gasteiger partial charge on any atom is -0.494 e. The van der Waals surface area contributed by atoms with Gasteiger partial charge in [-0.3, -0.25) is 4.21 Å². The van der Waals surface area contributed by atoms with Crippen LogP contribution in [0, 0.1) is 18.3 Å². The molecule has 2 aromatic carbocycles. The van der Waals surface area contributed by atoms with Crippen molar-refractivity contribution >= 4 is 10.8 Å². The average Bonchev–Trinajstić information content (AvgIpc) is 2.52. The monoisotopic (exact) mass is 299 g/mol. The molecule has 0 saturated heterocycles. The SMILES string of the molecule is Cc1cccc(S(=O)CCCOc2ccc(C#N)cc2)c1. The number of hydrogen-bond acceptors (Lipinski definition) is 3. The summed E-state index contributed by atoms with van der Waals surface area (Å²) in [5, 5.41) is 8.71. The van der Waals surface area contributed by atoms with E-state index in [1.807, 2.05) is 31.2 Å². The van der Waals surface area contributed by atoms with Crippen LogP contribution < -0.4 is 4.74 Å². The second kappa shape index (κ2) is 7.61. The van der Waals surface area contributed by atoms with Crippen molar-refractivity contribution in [2.24, 2.45) is 0 Å². The van der Waals surface area contributed by atoms with Gasteiger partial charge in [-0.1, -0.05) is 12.1 Å². The number of nitriles is 1. The molecule has 0 aliphatic heterocycles. The van der Waals surface area contributed by atoms with E-state index >= 15 is 0 Å². The first-order valence-corrected chi connectivity index (χ1v) is 8.09. The predicted molar refractivity (Wildman–Crippen MR) is 83.7 cm³/mol. The van der Waals surface area contributed by atoms with Crippen molar-refractivity contribution in [3.8, 4) is 11.8 Å². The Labute approximate surface area is 127 Å². The van der Waals surface area contributed by atoms with E-state index in [1.54, 1.807) is 24.3 Å². The van der Waals surface area contributed by atoms with Crippen LogP contribution >= 0.6 is 0 Å². The van der Waals surface area contributed by atoms with E-state index in [2.05, 4.69) is 6.07 Å². The summed E-state index contributed by atoms with van der Waals surface area (Å²) in [4.78, 5) is 0.869. The molecule has 0 fully saturated rings. The largest absolute Gasteiger partial charge is 0.494 e. The molecule has 108 valence electrons. The van der Waals surface area contributed by atoms with Crippen LogP contribution in [0.5, 0.6) is 5.75 Å². The van der Waals surface area contributed by atoms with Gasteiger partial charge >= 0.3 is 0 Å². The minimum atomic E-state index is -0.980. The zero-order valence-corrected chi connectivity index (χ0v) is 12.7. The first-order chi connectivity index (χ1) is 10.2. The Bertz CT molecular complexity index is 659. The molecule has 1 unspecified atom stereocenters. The lowest BCUT2D eigenvalue weighted by Gasteiger charge is -2.06. The van der Waals surface area contributed by atoms with Gasteiger partial charge in [0.15, 0.2) is 0 Å². The molecule has 0 N–H and O–H groups in total. The fourth-order valence-electron chi connectivity index (χ4n) is 1.88. The van der Waals surface area contributed by atoms with Crippen LogP contribution in [0.1, 0.15) is 17.5 Å². The third kappa shape index (κ3) is 4.73. The summed E-state index contributed by atoms with van der Waals surface area (Å²) in [5.41, 5.74) is 1.73. The quantitative estimate of drug-likeness (QED) is 0.768. The first-order valence-electron chi connectivity index (χ1n) is 6.77. The Morgan fingerprint density at radius 3 is 2.62 bits per heavy atom. The van der Waals surface area contributed by atoms with Gasteiger partial charge in [-0.15, -0.1) is 0 Å². The normalized spacial score (nSPS) is 11.6. The van der Waals surface area contributed by atoms with Gasteiger partial charge in [0.25, 0.3) is 0 Å². The Morgan fingerprint density at radius 1 is 1.19 bits per heavy atom. The van der Waals surface area contributed by atoms with E-state index in [-0.39, 0.29) is 0 Å². The third-order valence-electron chi connectivity index (χ3n) is 2.98. The molecule has 0 spiro atoms. The molecule has 0 saturated carbocycles. The number of hydrogen-bond donors (Lipinski definition) is 0. The fraction of sp³-hybridized carbons (Fsp3) is 0.235. The van der Waals surface area contributed by atoms with Crippen LogP contribution in [0.2, 0.25) is 0 Å². The summed E-state index contributed by atoms with van der Waals surface area (Å²) < 4.78 is 17.7. The number of nitrogens with zero attached hydrogens (tertiary/aromatic N) is 1. The molecule has 2 aromatic rings. The van der Waals surface area contributed by atoms with Gasteiger partial charge in [0.1, 0.15) is 5.75 Å². The highest BCUT2D eigenvalue weighted by Crippen LogP contribution is 2.13. The predicted octanol–water partition coefficient (Wildman–Crippen LogP) is 3.44. The molecule has 0 radical (unpaired) electrons. The lowest BCUT2D eigenvalue weighted by Crippen LogP contribution is -2.05. The summed E-state index contributed by atoms with van der Waals surface area (Å²) in [6, 6.07) is 16.8. The fourth-order valence-corrected chi connectivity index (χ4v) is 3.04. The van der Waals surface area contributed by atoms with E-state index in [0.717, 1.165) is 22.6 Å². The van der Waals surface area contributed by atoms with E-state index in [4.69, 9.17) is 10.00 Å². The Hall–Kier alpha value is -2.12. The summed E-state index contributed by atoms with van der Waals surface area (Å²) >= 11 is 0. The standard InChI is InChI=1S/C17H17NO2S/c1-14-4-2-5-17(12-14)21(19)11-3-10-20-16-8-6-15(13-18)7-9-16/h2,4-9,12H,3,10-11H2,1H3. The van der Waals surface area contributed by atoms with E-state index in [1.165, 1.54) is 0 Å². The second-order valence-corrected chi connectivity index (χ2v) is 6.28. The van der Waals surface area contributed by atoms with Crippen molar-refractivity contribution in [1.29, 1.82) is 5.26 Å². The first kappa shape index (κ1) is 15.3. The van der Waals surface area contributed by atoms with Crippen molar-refractivity contribution in [1.82, 2.24) is 0 Å². The molecule has 1 atom stereocenters. The van der Waals surface area contributed by atoms with Crippen molar-refractivity contribution in [2.75, 3.05) is 12.4 Å². The van der Waals surface area contributed by atoms with Crippen LogP contribution in [0.3, 0.4) is 0 Å². The topological polar surface area (TPSA) is 50.1 Å². The van der Waals surface area contributed by atoms with E-state index in [0.29, 0.717) is 17.9 Å². The van der Waals surface area contributed by atoms with Crippen molar-refractivity contribution < 1.29 is 8.95 Å². The zero-order chi connectivity index (χ0) is 15.1. The maximum Gasteiger partial charge on any atom is 0.119 e. The lowest BCUT2D eigenvalue weighted by molar-refractivity contribution is 0.318. The smallest absolute Gasteiger partial charge is 0.119 e. The second-order valence-electron chi connectivity index (χ2n) is 4.70. The molecule has 0 bridgehead atoms. The average molecular weight is 299 g/mol. The van der Waals surface area contributed by atoms with Crippen molar-refractivity contribution in [3.05, 3.63) is 59.7 Å². The number of ether oxygens (including phenoxy) is 1. The molecular weight excluding hydrogens is 282 g/mol. The molecule has 4 heteroatoms.